The first-order chi connectivity index (χ1) is 7.13. The molecule has 1 aromatic rings. The minimum atomic E-state index is 0.0497. The van der Waals surface area contributed by atoms with Gasteiger partial charge in [-0.3, -0.25) is 4.79 Å². The average molecular weight is 318 g/mol. The molecule has 0 saturated carbocycles. The fourth-order valence-corrected chi connectivity index (χ4v) is 1.81. The van der Waals surface area contributed by atoms with E-state index in [0.29, 0.717) is 12.2 Å². The topological polar surface area (TPSA) is 42.0 Å². The molecule has 15 heavy (non-hydrogen) atoms. The van der Waals surface area contributed by atoms with Crippen molar-refractivity contribution < 1.29 is 4.79 Å². The highest BCUT2D eigenvalue weighted by atomic mass is 127. The zero-order chi connectivity index (χ0) is 11.3. The van der Waals surface area contributed by atoms with Crippen LogP contribution in [0.2, 0.25) is 0 Å². The summed E-state index contributed by atoms with van der Waals surface area (Å²) in [4.78, 5) is 15.6. The van der Waals surface area contributed by atoms with E-state index in [9.17, 15) is 4.79 Å². The number of halogens is 1. The largest absolute Gasteiger partial charge is 0.310 e. The quantitative estimate of drug-likeness (QED) is 0.867. The van der Waals surface area contributed by atoms with Crippen LogP contribution in [-0.4, -0.2) is 10.9 Å². The zero-order valence-electron chi connectivity index (χ0n) is 9.01. The molecule has 1 aromatic heterocycles. The summed E-state index contributed by atoms with van der Waals surface area (Å²) in [5.41, 5.74) is 1.01. The molecule has 1 heterocycles. The lowest BCUT2D eigenvalue weighted by molar-refractivity contribution is -0.116. The maximum Gasteiger partial charge on any atom is 0.225 e. The number of aryl methyl sites for hydroxylation is 1. The van der Waals surface area contributed by atoms with Gasteiger partial charge in [0.2, 0.25) is 5.91 Å². The number of nitrogens with zero attached hydrogens (tertiary/aromatic N) is 1. The Morgan fingerprint density at radius 3 is 2.93 bits per heavy atom. The summed E-state index contributed by atoms with van der Waals surface area (Å²) in [5.74, 6) is 0.727. The van der Waals surface area contributed by atoms with Gasteiger partial charge in [-0.1, -0.05) is 13.3 Å². The Kier molecular flexibility index (Phi) is 5.01. The van der Waals surface area contributed by atoms with Crippen LogP contribution in [0.5, 0.6) is 0 Å². The maximum atomic E-state index is 11.5. The number of unbranched alkanes of at least 4 members (excludes halogenated alkanes) is 1. The molecule has 4 heteroatoms. The number of hydrogen-bond acceptors (Lipinski definition) is 2. The number of rotatable bonds is 4. The molecule has 0 bridgehead atoms. The van der Waals surface area contributed by atoms with Crippen LogP contribution in [0.25, 0.3) is 0 Å². The minimum absolute atomic E-state index is 0.0497. The van der Waals surface area contributed by atoms with Gasteiger partial charge in [-0.05, 0) is 47.6 Å². The third kappa shape index (κ3) is 4.15. The number of nitrogens with one attached hydrogen (secondary N) is 1. The SMILES string of the molecule is CCCCC(=O)Nc1ncc(I)cc1C. The van der Waals surface area contributed by atoms with Crippen LogP contribution in [0.3, 0.4) is 0 Å². The van der Waals surface area contributed by atoms with Crippen molar-refractivity contribution in [3.8, 4) is 0 Å². The Balaban J connectivity index is 2.60. The lowest BCUT2D eigenvalue weighted by atomic mass is 10.2. The lowest BCUT2D eigenvalue weighted by Gasteiger charge is -2.06. The highest BCUT2D eigenvalue weighted by Crippen LogP contribution is 2.14. The van der Waals surface area contributed by atoms with E-state index in [0.717, 1.165) is 22.0 Å². The molecule has 0 unspecified atom stereocenters. The lowest BCUT2D eigenvalue weighted by Crippen LogP contribution is -2.13. The molecule has 0 aromatic carbocycles. The molecule has 0 saturated heterocycles. The third-order valence-electron chi connectivity index (χ3n) is 2.06. The number of carbonyl (C=O) groups excluding carboxylic acids is 1. The smallest absolute Gasteiger partial charge is 0.225 e. The monoisotopic (exact) mass is 318 g/mol. The van der Waals surface area contributed by atoms with Crippen LogP contribution in [0.1, 0.15) is 31.7 Å². The minimum Gasteiger partial charge on any atom is -0.310 e. The van der Waals surface area contributed by atoms with Crippen molar-refractivity contribution in [2.75, 3.05) is 5.32 Å². The van der Waals surface area contributed by atoms with Crippen LogP contribution in [0.15, 0.2) is 12.3 Å². The average Bonchev–Trinajstić information content (AvgIpc) is 2.19. The second-order valence-corrected chi connectivity index (χ2v) is 4.72. The zero-order valence-corrected chi connectivity index (χ0v) is 11.2. The van der Waals surface area contributed by atoms with Crippen molar-refractivity contribution in [1.82, 2.24) is 4.98 Å². The fourth-order valence-electron chi connectivity index (χ4n) is 1.20. The second kappa shape index (κ2) is 6.05. The number of amides is 1. The van der Waals surface area contributed by atoms with E-state index in [2.05, 4.69) is 39.8 Å². The fraction of sp³-hybridized carbons (Fsp3) is 0.455. The Bertz CT molecular complexity index is 352. The van der Waals surface area contributed by atoms with Gasteiger partial charge in [-0.2, -0.15) is 0 Å². The van der Waals surface area contributed by atoms with Crippen LogP contribution in [0.4, 0.5) is 5.82 Å². The Hall–Kier alpha value is -0.650. The Labute approximate surface area is 104 Å². The highest BCUT2D eigenvalue weighted by molar-refractivity contribution is 14.1. The molecule has 1 amide bonds. The van der Waals surface area contributed by atoms with Gasteiger partial charge >= 0.3 is 0 Å². The Morgan fingerprint density at radius 2 is 2.33 bits per heavy atom. The van der Waals surface area contributed by atoms with E-state index in [-0.39, 0.29) is 5.91 Å². The first kappa shape index (κ1) is 12.4. The summed E-state index contributed by atoms with van der Waals surface area (Å²) < 4.78 is 1.08. The maximum absolute atomic E-state index is 11.5. The first-order valence-electron chi connectivity index (χ1n) is 5.05. The van der Waals surface area contributed by atoms with Gasteiger partial charge in [0.15, 0.2) is 0 Å². The van der Waals surface area contributed by atoms with E-state index in [1.807, 2.05) is 13.0 Å². The van der Waals surface area contributed by atoms with Gasteiger partial charge in [-0.15, -0.1) is 0 Å². The molecule has 0 fully saturated rings. The third-order valence-corrected chi connectivity index (χ3v) is 2.65. The molecule has 82 valence electrons. The molecule has 0 spiro atoms. The summed E-state index contributed by atoms with van der Waals surface area (Å²) in [5, 5.41) is 2.82. The van der Waals surface area contributed by atoms with Crippen molar-refractivity contribution >= 4 is 34.3 Å². The molecular weight excluding hydrogens is 303 g/mol. The highest BCUT2D eigenvalue weighted by Gasteiger charge is 2.05. The summed E-state index contributed by atoms with van der Waals surface area (Å²) in [6.45, 7) is 4.02. The number of anilines is 1. The van der Waals surface area contributed by atoms with Crippen molar-refractivity contribution in [3.63, 3.8) is 0 Å². The van der Waals surface area contributed by atoms with E-state index >= 15 is 0 Å². The molecule has 0 aliphatic heterocycles. The van der Waals surface area contributed by atoms with Crippen LogP contribution >= 0.6 is 22.6 Å². The summed E-state index contributed by atoms with van der Waals surface area (Å²) in [7, 11) is 0. The normalized spacial score (nSPS) is 10.1. The molecular formula is C11H15IN2O. The van der Waals surface area contributed by atoms with Crippen LogP contribution < -0.4 is 5.32 Å². The molecule has 0 aliphatic rings. The molecule has 0 radical (unpaired) electrons. The number of carbonyl (C=O) groups is 1. The van der Waals surface area contributed by atoms with Crippen LogP contribution in [0, 0.1) is 10.5 Å². The van der Waals surface area contributed by atoms with Gasteiger partial charge in [0, 0.05) is 16.2 Å². The van der Waals surface area contributed by atoms with Gasteiger partial charge in [-0.25, -0.2) is 4.98 Å². The molecule has 0 aliphatic carbocycles. The summed E-state index contributed by atoms with van der Waals surface area (Å²) >= 11 is 2.20. The predicted octanol–water partition coefficient (Wildman–Crippen LogP) is 3.12. The summed E-state index contributed by atoms with van der Waals surface area (Å²) in [6.07, 6.45) is 4.29. The summed E-state index contributed by atoms with van der Waals surface area (Å²) in [6, 6.07) is 2.00. The Morgan fingerprint density at radius 1 is 1.60 bits per heavy atom. The molecule has 1 N–H and O–H groups in total. The van der Waals surface area contributed by atoms with Gasteiger partial charge in [0.25, 0.3) is 0 Å². The second-order valence-electron chi connectivity index (χ2n) is 3.47. The van der Waals surface area contributed by atoms with Crippen molar-refractivity contribution in [1.29, 1.82) is 0 Å². The van der Waals surface area contributed by atoms with Gasteiger partial charge in [0.05, 0.1) is 0 Å². The van der Waals surface area contributed by atoms with Gasteiger partial charge in [0.1, 0.15) is 5.82 Å². The number of aromatic nitrogens is 1. The number of pyridine rings is 1. The molecule has 3 nitrogen and oxygen atoms in total. The van der Waals surface area contributed by atoms with Crippen molar-refractivity contribution in [2.24, 2.45) is 0 Å². The van der Waals surface area contributed by atoms with Crippen molar-refractivity contribution in [2.45, 2.75) is 33.1 Å². The standard InChI is InChI=1S/C11H15IN2O/c1-3-4-5-10(15)14-11-8(2)6-9(12)7-13-11/h6-7H,3-5H2,1-2H3,(H,13,14,15). The van der Waals surface area contributed by atoms with E-state index in [1.165, 1.54) is 0 Å². The molecule has 1 rings (SSSR count). The predicted molar refractivity (Wildman–Crippen MR) is 69.8 cm³/mol. The van der Waals surface area contributed by atoms with E-state index < -0.39 is 0 Å². The van der Waals surface area contributed by atoms with Crippen molar-refractivity contribution in [3.05, 3.63) is 21.4 Å². The molecule has 0 atom stereocenters. The van der Waals surface area contributed by atoms with Crippen LogP contribution in [-0.2, 0) is 4.79 Å². The van der Waals surface area contributed by atoms with E-state index in [4.69, 9.17) is 0 Å². The number of hydrogen-bond donors (Lipinski definition) is 1. The van der Waals surface area contributed by atoms with Gasteiger partial charge < -0.3 is 5.32 Å². The van der Waals surface area contributed by atoms with E-state index in [1.54, 1.807) is 6.20 Å². The first-order valence-corrected chi connectivity index (χ1v) is 6.13.